The van der Waals surface area contributed by atoms with Gasteiger partial charge in [0, 0.05) is 0 Å². The zero-order valence-electron chi connectivity index (χ0n) is 12.9. The number of imidazole rings is 1. The molecule has 0 aliphatic heterocycles. The van der Waals surface area contributed by atoms with Gasteiger partial charge in [-0.2, -0.15) is 0 Å². The first kappa shape index (κ1) is 18.0. The zero-order chi connectivity index (χ0) is 14.2. The summed E-state index contributed by atoms with van der Waals surface area (Å²) in [5.74, 6) is 2.07. The van der Waals surface area contributed by atoms with Crippen molar-refractivity contribution in [3.63, 3.8) is 0 Å². The molecule has 1 aromatic carbocycles. The number of nitrogens with zero attached hydrogens (tertiary/aromatic N) is 1. The number of hydrogen-bond donors (Lipinski definition) is 1. The second-order valence-electron chi connectivity index (χ2n) is 4.99. The number of H-pyrrole nitrogens is 1. The van der Waals surface area contributed by atoms with Crippen molar-refractivity contribution in [3.8, 4) is 17.1 Å². The zero-order valence-corrected chi connectivity index (χ0v) is 15.1. The molecule has 21 heavy (non-hydrogen) atoms. The first-order valence-electron chi connectivity index (χ1n) is 7.65. The lowest BCUT2D eigenvalue weighted by Crippen LogP contribution is -3.00. The molecular formula is C17H25IN2O. The van der Waals surface area contributed by atoms with Crippen LogP contribution in [0.1, 0.15) is 39.5 Å². The quantitative estimate of drug-likeness (QED) is 0.399. The number of nitrogens with one attached hydrogen (secondary N) is 1. The Hall–Kier alpha value is -1.04. The van der Waals surface area contributed by atoms with Gasteiger partial charge >= 0.3 is 0 Å². The molecule has 2 rings (SSSR count). The Morgan fingerprint density at radius 1 is 1.10 bits per heavy atom. The fraction of sp³-hybridized carbons (Fsp3) is 0.471. The first-order chi connectivity index (χ1) is 9.86. The van der Waals surface area contributed by atoms with E-state index in [1.54, 1.807) is 0 Å². The maximum Gasteiger partial charge on any atom is 0.290 e. The van der Waals surface area contributed by atoms with Gasteiger partial charge in [-0.15, -0.1) is 0 Å². The number of ether oxygens (including phenoxy) is 1. The van der Waals surface area contributed by atoms with Crippen LogP contribution in [-0.4, -0.2) is 11.6 Å². The highest BCUT2D eigenvalue weighted by molar-refractivity contribution is 5.61. The Morgan fingerprint density at radius 2 is 1.90 bits per heavy atom. The highest BCUT2D eigenvalue weighted by Gasteiger charge is 2.17. The Balaban J connectivity index is 0.00000220. The van der Waals surface area contributed by atoms with Crippen molar-refractivity contribution < 1.29 is 33.3 Å². The predicted molar refractivity (Wildman–Crippen MR) is 81.7 cm³/mol. The summed E-state index contributed by atoms with van der Waals surface area (Å²) in [4.78, 5) is 3.34. The number of para-hydroxylation sites is 1. The molecule has 3 nitrogen and oxygen atoms in total. The molecule has 0 unspecified atom stereocenters. The number of hydrogen-bond acceptors (Lipinski definition) is 1. The van der Waals surface area contributed by atoms with Crippen LogP contribution in [0.2, 0.25) is 0 Å². The normalized spacial score (nSPS) is 10.2. The minimum Gasteiger partial charge on any atom is -1.00 e. The largest absolute Gasteiger partial charge is 1.00 e. The van der Waals surface area contributed by atoms with Crippen LogP contribution in [0.15, 0.2) is 36.7 Å². The number of rotatable bonds is 8. The number of aryl methyl sites for hydroxylation is 1. The lowest BCUT2D eigenvalue weighted by Gasteiger charge is -2.07. The van der Waals surface area contributed by atoms with Crippen molar-refractivity contribution in [2.24, 2.45) is 0 Å². The maximum absolute atomic E-state index is 5.73. The summed E-state index contributed by atoms with van der Waals surface area (Å²) in [6.07, 6.45) is 9.22. The van der Waals surface area contributed by atoms with Crippen LogP contribution >= 0.6 is 0 Å². The highest BCUT2D eigenvalue weighted by atomic mass is 127. The lowest BCUT2D eigenvalue weighted by atomic mass is 10.1. The van der Waals surface area contributed by atoms with Crippen LogP contribution in [0.5, 0.6) is 5.75 Å². The SMILES string of the molecule is CCCCCC[n+]1cc[nH]c1-c1ccccc1OCC.[I-]. The molecule has 4 heteroatoms. The van der Waals surface area contributed by atoms with E-state index in [4.69, 9.17) is 4.74 Å². The molecule has 0 spiro atoms. The maximum atomic E-state index is 5.73. The molecule has 0 aliphatic rings. The van der Waals surface area contributed by atoms with E-state index in [1.165, 1.54) is 25.7 Å². The smallest absolute Gasteiger partial charge is 0.290 e. The van der Waals surface area contributed by atoms with Gasteiger partial charge in [-0.3, -0.25) is 0 Å². The standard InChI is InChI=1S/C17H24N2O.HI/c1-3-5-6-9-13-19-14-12-18-17(19)15-10-7-8-11-16(15)20-4-2;/h7-8,10-12,14H,3-6,9,13H2,1-2H3;1H. The van der Waals surface area contributed by atoms with Gasteiger partial charge in [0.1, 0.15) is 23.7 Å². The number of aromatic amines is 1. The Kier molecular flexibility index (Phi) is 8.42. The topological polar surface area (TPSA) is 28.9 Å². The fourth-order valence-electron chi connectivity index (χ4n) is 2.43. The molecule has 0 atom stereocenters. The van der Waals surface area contributed by atoms with Gasteiger partial charge in [0.2, 0.25) is 0 Å². The second kappa shape index (κ2) is 9.82. The predicted octanol–water partition coefficient (Wildman–Crippen LogP) is 0.952. The molecular weight excluding hydrogens is 375 g/mol. The van der Waals surface area contributed by atoms with E-state index in [-0.39, 0.29) is 24.0 Å². The minimum absolute atomic E-state index is 0. The van der Waals surface area contributed by atoms with Gasteiger partial charge in [-0.25, -0.2) is 9.55 Å². The van der Waals surface area contributed by atoms with Crippen LogP contribution in [0.3, 0.4) is 0 Å². The van der Waals surface area contributed by atoms with Gasteiger partial charge in [0.05, 0.1) is 13.2 Å². The van der Waals surface area contributed by atoms with Crippen molar-refractivity contribution in [1.29, 1.82) is 0 Å². The average Bonchev–Trinajstić information content (AvgIpc) is 2.93. The number of benzene rings is 1. The van der Waals surface area contributed by atoms with Crippen LogP contribution in [0, 0.1) is 0 Å². The van der Waals surface area contributed by atoms with Gasteiger partial charge in [-0.1, -0.05) is 31.9 Å². The van der Waals surface area contributed by atoms with Gasteiger partial charge < -0.3 is 28.7 Å². The monoisotopic (exact) mass is 400 g/mol. The van der Waals surface area contributed by atoms with E-state index in [1.807, 2.05) is 25.3 Å². The number of halogens is 1. The van der Waals surface area contributed by atoms with E-state index in [0.717, 1.165) is 23.7 Å². The molecule has 0 saturated carbocycles. The van der Waals surface area contributed by atoms with Crippen LogP contribution in [-0.2, 0) is 6.54 Å². The van der Waals surface area contributed by atoms with Gasteiger partial charge in [0.15, 0.2) is 0 Å². The Bertz CT molecular complexity index is 525. The fourth-order valence-corrected chi connectivity index (χ4v) is 2.43. The van der Waals surface area contributed by atoms with Crippen molar-refractivity contribution in [2.75, 3.05) is 6.61 Å². The van der Waals surface area contributed by atoms with Gasteiger partial charge in [-0.05, 0) is 31.9 Å². The summed E-state index contributed by atoms with van der Waals surface area (Å²) in [5, 5.41) is 0. The summed E-state index contributed by atoms with van der Waals surface area (Å²) in [5.41, 5.74) is 1.13. The highest BCUT2D eigenvalue weighted by Crippen LogP contribution is 2.26. The van der Waals surface area contributed by atoms with E-state index in [2.05, 4.69) is 34.8 Å². The summed E-state index contributed by atoms with van der Waals surface area (Å²) in [6, 6.07) is 8.21. The van der Waals surface area contributed by atoms with Crippen LogP contribution < -0.4 is 33.3 Å². The molecule has 1 N–H and O–H groups in total. The third-order valence-corrected chi connectivity index (χ3v) is 3.46. The minimum atomic E-state index is 0. The molecule has 0 radical (unpaired) electrons. The molecule has 0 saturated heterocycles. The van der Waals surface area contributed by atoms with E-state index in [9.17, 15) is 0 Å². The molecule has 0 amide bonds. The first-order valence-corrected chi connectivity index (χ1v) is 7.65. The van der Waals surface area contributed by atoms with Crippen molar-refractivity contribution in [1.82, 2.24) is 4.98 Å². The number of aromatic nitrogens is 2. The molecule has 0 bridgehead atoms. The molecule has 0 aliphatic carbocycles. The summed E-state index contributed by atoms with van der Waals surface area (Å²) < 4.78 is 8.01. The van der Waals surface area contributed by atoms with Crippen LogP contribution in [0.25, 0.3) is 11.4 Å². The van der Waals surface area contributed by atoms with Gasteiger partial charge in [0.25, 0.3) is 5.82 Å². The number of unbranched alkanes of at least 4 members (excludes halogenated alkanes) is 3. The third kappa shape index (κ3) is 5.02. The van der Waals surface area contributed by atoms with Crippen molar-refractivity contribution in [3.05, 3.63) is 36.7 Å². The van der Waals surface area contributed by atoms with Crippen molar-refractivity contribution in [2.45, 2.75) is 46.1 Å². The van der Waals surface area contributed by atoms with E-state index >= 15 is 0 Å². The Morgan fingerprint density at radius 3 is 2.67 bits per heavy atom. The molecule has 0 fully saturated rings. The third-order valence-electron chi connectivity index (χ3n) is 3.46. The van der Waals surface area contributed by atoms with E-state index in [0.29, 0.717) is 6.61 Å². The molecule has 2 aromatic rings. The molecule has 1 aromatic heterocycles. The average molecular weight is 400 g/mol. The summed E-state index contributed by atoms with van der Waals surface area (Å²) in [7, 11) is 0. The second-order valence-corrected chi connectivity index (χ2v) is 4.99. The lowest BCUT2D eigenvalue weighted by molar-refractivity contribution is -0.685. The Labute approximate surface area is 144 Å². The van der Waals surface area contributed by atoms with Crippen molar-refractivity contribution >= 4 is 0 Å². The molecule has 116 valence electrons. The summed E-state index contributed by atoms with van der Waals surface area (Å²) in [6.45, 7) is 6.00. The van der Waals surface area contributed by atoms with Crippen LogP contribution in [0.4, 0.5) is 0 Å². The summed E-state index contributed by atoms with van der Waals surface area (Å²) >= 11 is 0. The molecule has 1 heterocycles. The van der Waals surface area contributed by atoms with E-state index < -0.39 is 0 Å².